The van der Waals surface area contributed by atoms with Gasteiger partial charge in [0.2, 0.25) is 4.96 Å². The molecule has 0 radical (unpaired) electrons. The van der Waals surface area contributed by atoms with Gasteiger partial charge >= 0.3 is 6.03 Å². The molecule has 152 valence electrons. The molecule has 4 aromatic rings. The Morgan fingerprint density at radius 3 is 2.77 bits per heavy atom. The Labute approximate surface area is 177 Å². The molecule has 0 fully saturated rings. The predicted octanol–water partition coefficient (Wildman–Crippen LogP) is 4.37. The summed E-state index contributed by atoms with van der Waals surface area (Å²) in [5, 5.41) is 7.68. The molecule has 0 saturated heterocycles. The number of aromatic nitrogens is 3. The monoisotopic (exact) mass is 419 g/mol. The molecule has 5 rings (SSSR count). The minimum Gasteiger partial charge on any atom is -0.495 e. The van der Waals surface area contributed by atoms with Crippen molar-refractivity contribution in [2.45, 2.75) is 19.9 Å². The number of carbonyl (C=O) groups excluding carboxylic acids is 1. The van der Waals surface area contributed by atoms with E-state index in [0.717, 1.165) is 33.3 Å². The lowest BCUT2D eigenvalue weighted by molar-refractivity contribution is 0.206. The summed E-state index contributed by atoms with van der Waals surface area (Å²) in [6.07, 6.45) is 0.741. The fourth-order valence-electron chi connectivity index (χ4n) is 3.63. The van der Waals surface area contributed by atoms with Crippen LogP contribution in [0.3, 0.4) is 0 Å². The zero-order valence-electron chi connectivity index (χ0n) is 16.8. The molecular weight excluding hydrogens is 398 g/mol. The fourth-order valence-corrected chi connectivity index (χ4v) is 4.75. The largest absolute Gasteiger partial charge is 0.495 e. The van der Waals surface area contributed by atoms with Crippen LogP contribution in [0.2, 0.25) is 0 Å². The number of amides is 2. The van der Waals surface area contributed by atoms with Gasteiger partial charge in [-0.3, -0.25) is 0 Å². The molecule has 0 unspecified atom stereocenters. The number of fused-ring (bicyclic) bond motifs is 3. The van der Waals surface area contributed by atoms with Gasteiger partial charge < -0.3 is 15.0 Å². The minimum atomic E-state index is -0.135. The van der Waals surface area contributed by atoms with E-state index >= 15 is 0 Å². The molecule has 0 atom stereocenters. The quantitative estimate of drug-likeness (QED) is 0.535. The Balaban J connectivity index is 1.36. The van der Waals surface area contributed by atoms with E-state index in [1.165, 1.54) is 5.56 Å². The molecule has 7 nitrogen and oxygen atoms in total. The van der Waals surface area contributed by atoms with Crippen molar-refractivity contribution >= 4 is 28.0 Å². The second-order valence-electron chi connectivity index (χ2n) is 7.27. The van der Waals surface area contributed by atoms with Gasteiger partial charge in [0.25, 0.3) is 0 Å². The molecule has 1 aliphatic heterocycles. The summed E-state index contributed by atoms with van der Waals surface area (Å²) in [4.78, 5) is 21.3. The van der Waals surface area contributed by atoms with Crippen LogP contribution in [-0.4, -0.2) is 39.2 Å². The van der Waals surface area contributed by atoms with E-state index in [1.807, 2.05) is 45.8 Å². The van der Waals surface area contributed by atoms with E-state index in [9.17, 15) is 4.79 Å². The van der Waals surface area contributed by atoms with E-state index in [4.69, 9.17) is 14.8 Å². The highest BCUT2D eigenvalue weighted by atomic mass is 32.1. The maximum Gasteiger partial charge on any atom is 0.322 e. The summed E-state index contributed by atoms with van der Waals surface area (Å²) in [6.45, 7) is 3.24. The fraction of sp³-hybridized carbons (Fsp3) is 0.227. The summed E-state index contributed by atoms with van der Waals surface area (Å²) in [7, 11) is 1.59. The normalized spacial score (nSPS) is 13.3. The first-order valence-corrected chi connectivity index (χ1v) is 10.6. The summed E-state index contributed by atoms with van der Waals surface area (Å²) in [6, 6.07) is 15.5. The third-order valence-electron chi connectivity index (χ3n) is 5.27. The van der Waals surface area contributed by atoms with Crippen LogP contribution in [0.5, 0.6) is 5.75 Å². The van der Waals surface area contributed by atoms with E-state index in [0.29, 0.717) is 24.5 Å². The molecular formula is C22H21N5O2S. The van der Waals surface area contributed by atoms with Crippen molar-refractivity contribution in [1.82, 2.24) is 19.5 Å². The molecule has 2 amide bonds. The van der Waals surface area contributed by atoms with Crippen molar-refractivity contribution < 1.29 is 9.53 Å². The lowest BCUT2D eigenvalue weighted by Gasteiger charge is -2.27. The molecule has 2 aromatic heterocycles. The van der Waals surface area contributed by atoms with Crippen molar-refractivity contribution in [3.63, 3.8) is 0 Å². The van der Waals surface area contributed by atoms with Gasteiger partial charge in [-0.1, -0.05) is 53.3 Å². The molecule has 1 N–H and O–H groups in total. The predicted molar refractivity (Wildman–Crippen MR) is 117 cm³/mol. The van der Waals surface area contributed by atoms with E-state index < -0.39 is 0 Å². The first-order chi connectivity index (χ1) is 14.6. The minimum absolute atomic E-state index is 0.135. The average molecular weight is 420 g/mol. The van der Waals surface area contributed by atoms with Crippen molar-refractivity contribution in [1.29, 1.82) is 0 Å². The second-order valence-corrected chi connectivity index (χ2v) is 8.33. The number of anilines is 1. The summed E-state index contributed by atoms with van der Waals surface area (Å²) >= 11 is 1.60. The Kier molecular flexibility index (Phi) is 4.63. The Bertz CT molecular complexity index is 1230. The zero-order chi connectivity index (χ0) is 20.7. The molecule has 30 heavy (non-hydrogen) atoms. The number of hydrogen-bond acceptors (Lipinski definition) is 5. The highest BCUT2D eigenvalue weighted by molar-refractivity contribution is 7.17. The van der Waals surface area contributed by atoms with Crippen molar-refractivity contribution in [3.8, 4) is 17.1 Å². The first-order valence-electron chi connectivity index (χ1n) is 9.75. The van der Waals surface area contributed by atoms with Crippen LogP contribution in [0.1, 0.15) is 16.1 Å². The van der Waals surface area contributed by atoms with Gasteiger partial charge in [0.15, 0.2) is 5.82 Å². The van der Waals surface area contributed by atoms with Gasteiger partial charge in [-0.25, -0.2) is 9.31 Å². The molecule has 1 aliphatic rings. The number of urea groups is 1. The van der Waals surface area contributed by atoms with Crippen molar-refractivity contribution in [3.05, 3.63) is 64.7 Å². The van der Waals surface area contributed by atoms with Gasteiger partial charge in [0.05, 0.1) is 25.0 Å². The second kappa shape index (κ2) is 7.46. The Hall–Kier alpha value is -3.39. The number of thiazole rings is 1. The summed E-state index contributed by atoms with van der Waals surface area (Å²) in [5.41, 5.74) is 4.03. The van der Waals surface area contributed by atoms with Crippen molar-refractivity contribution in [2.75, 3.05) is 19.0 Å². The van der Waals surface area contributed by atoms with Gasteiger partial charge in [-0.15, -0.1) is 5.10 Å². The number of aryl methyl sites for hydroxylation is 1. The SMILES string of the molecule is COc1ccccc1NC(=O)N1CCc2c(sc3nc(-c4ccc(C)cc4)nn23)C1. The van der Waals surface area contributed by atoms with Gasteiger partial charge in [-0.2, -0.15) is 4.98 Å². The molecule has 2 aromatic carbocycles. The molecule has 8 heteroatoms. The maximum atomic E-state index is 12.8. The van der Waals surface area contributed by atoms with Crippen LogP contribution >= 0.6 is 11.3 Å². The number of nitrogens with one attached hydrogen (secondary N) is 1. The van der Waals surface area contributed by atoms with Gasteiger partial charge in [-0.05, 0) is 19.1 Å². The topological polar surface area (TPSA) is 71.8 Å². The van der Waals surface area contributed by atoms with E-state index in [-0.39, 0.29) is 6.03 Å². The van der Waals surface area contributed by atoms with E-state index in [1.54, 1.807) is 18.4 Å². The van der Waals surface area contributed by atoms with Crippen LogP contribution in [0.25, 0.3) is 16.3 Å². The highest BCUT2D eigenvalue weighted by Crippen LogP contribution is 2.30. The lowest BCUT2D eigenvalue weighted by Crippen LogP contribution is -2.38. The van der Waals surface area contributed by atoms with Crippen LogP contribution in [0, 0.1) is 6.92 Å². The summed E-state index contributed by atoms with van der Waals surface area (Å²) < 4.78 is 7.26. The summed E-state index contributed by atoms with van der Waals surface area (Å²) in [5.74, 6) is 1.38. The average Bonchev–Trinajstić information content (AvgIpc) is 3.32. The van der Waals surface area contributed by atoms with Crippen molar-refractivity contribution in [2.24, 2.45) is 0 Å². The van der Waals surface area contributed by atoms with Crippen LogP contribution in [-0.2, 0) is 13.0 Å². The van der Waals surface area contributed by atoms with Gasteiger partial charge in [0, 0.05) is 23.4 Å². The zero-order valence-corrected chi connectivity index (χ0v) is 17.6. The number of para-hydroxylation sites is 2. The highest BCUT2D eigenvalue weighted by Gasteiger charge is 2.26. The molecule has 0 bridgehead atoms. The van der Waals surface area contributed by atoms with Crippen LogP contribution in [0.4, 0.5) is 10.5 Å². The standard InChI is InChI=1S/C22H21N5O2S/c1-14-7-9-15(10-8-14)20-24-22-27(25-20)17-11-12-26(13-19(17)30-22)21(28)23-16-5-3-4-6-18(16)29-2/h3-10H,11-13H2,1-2H3,(H,23,28). The Morgan fingerprint density at radius 2 is 1.97 bits per heavy atom. The third kappa shape index (κ3) is 3.29. The lowest BCUT2D eigenvalue weighted by atomic mass is 10.1. The molecule has 0 saturated carbocycles. The van der Waals surface area contributed by atoms with Crippen LogP contribution < -0.4 is 10.1 Å². The molecule has 3 heterocycles. The third-order valence-corrected chi connectivity index (χ3v) is 6.33. The smallest absolute Gasteiger partial charge is 0.322 e. The number of nitrogens with zero attached hydrogens (tertiary/aromatic N) is 4. The molecule has 0 spiro atoms. The first kappa shape index (κ1) is 18.6. The Morgan fingerprint density at radius 1 is 1.17 bits per heavy atom. The number of benzene rings is 2. The number of methoxy groups -OCH3 is 1. The van der Waals surface area contributed by atoms with Crippen LogP contribution in [0.15, 0.2) is 48.5 Å². The van der Waals surface area contributed by atoms with E-state index in [2.05, 4.69) is 24.4 Å². The van der Waals surface area contributed by atoms with Gasteiger partial charge in [0.1, 0.15) is 5.75 Å². The number of carbonyl (C=O) groups is 1. The number of rotatable bonds is 3. The maximum absolute atomic E-state index is 12.8. The number of ether oxygens (including phenoxy) is 1. The number of hydrogen-bond donors (Lipinski definition) is 1. The molecule has 0 aliphatic carbocycles.